The van der Waals surface area contributed by atoms with E-state index >= 15 is 0 Å². The minimum Gasteiger partial charge on any atom is -0.346 e. The zero-order valence-electron chi connectivity index (χ0n) is 12.2. The largest absolute Gasteiger partial charge is 0.346 e. The number of aryl methyl sites for hydroxylation is 1. The van der Waals surface area contributed by atoms with E-state index in [0.29, 0.717) is 6.54 Å². The summed E-state index contributed by atoms with van der Waals surface area (Å²) in [4.78, 5) is 6.86. The third-order valence-corrected chi connectivity index (χ3v) is 5.45. The first kappa shape index (κ1) is 14.7. The van der Waals surface area contributed by atoms with Gasteiger partial charge in [0.15, 0.2) is 5.13 Å². The predicted octanol–water partition coefficient (Wildman–Crippen LogP) is 2.12. The molecule has 21 heavy (non-hydrogen) atoms. The van der Waals surface area contributed by atoms with E-state index in [9.17, 15) is 8.42 Å². The number of aromatic nitrogens is 1. The van der Waals surface area contributed by atoms with Gasteiger partial charge in [-0.1, -0.05) is 17.4 Å². The fourth-order valence-corrected chi connectivity index (χ4v) is 4.60. The average molecular weight is 325 g/mol. The van der Waals surface area contributed by atoms with Crippen LogP contribution in [0.25, 0.3) is 10.2 Å². The zero-order chi connectivity index (χ0) is 15.0. The van der Waals surface area contributed by atoms with Gasteiger partial charge in [0, 0.05) is 19.1 Å². The molecule has 1 saturated heterocycles. The lowest BCUT2D eigenvalue weighted by molar-refractivity contribution is 0.467. The Morgan fingerprint density at radius 1 is 1.43 bits per heavy atom. The average Bonchev–Trinajstić information content (AvgIpc) is 2.80. The van der Waals surface area contributed by atoms with Crippen LogP contribution < -0.4 is 9.62 Å². The topological polar surface area (TPSA) is 62.3 Å². The third kappa shape index (κ3) is 3.53. The Hall–Kier alpha value is -1.18. The molecular formula is C14H19N3O2S2. The van der Waals surface area contributed by atoms with Gasteiger partial charge in [0.25, 0.3) is 0 Å². The fraction of sp³-hybridized carbons (Fsp3) is 0.500. The summed E-state index contributed by atoms with van der Waals surface area (Å²) in [5.41, 5.74) is 2.24. The number of nitrogens with one attached hydrogen (secondary N) is 1. The summed E-state index contributed by atoms with van der Waals surface area (Å²) in [6, 6.07) is 6.23. The van der Waals surface area contributed by atoms with Crippen molar-refractivity contribution in [3.05, 3.63) is 23.8 Å². The first-order valence-electron chi connectivity index (χ1n) is 7.00. The van der Waals surface area contributed by atoms with Crippen molar-refractivity contribution in [2.75, 3.05) is 24.2 Å². The number of rotatable bonds is 3. The van der Waals surface area contributed by atoms with Gasteiger partial charge >= 0.3 is 0 Å². The first-order chi connectivity index (χ1) is 9.90. The molecule has 7 heteroatoms. The molecule has 1 aliphatic rings. The Kier molecular flexibility index (Phi) is 3.90. The quantitative estimate of drug-likeness (QED) is 0.939. The van der Waals surface area contributed by atoms with Gasteiger partial charge in [-0.2, -0.15) is 0 Å². The lowest BCUT2D eigenvalue weighted by Crippen LogP contribution is -2.47. The van der Waals surface area contributed by atoms with Crippen molar-refractivity contribution < 1.29 is 8.42 Å². The normalized spacial score (nSPS) is 20.1. The van der Waals surface area contributed by atoms with Crippen LogP contribution in [0.5, 0.6) is 0 Å². The maximum atomic E-state index is 11.4. The Balaban J connectivity index is 1.81. The second kappa shape index (κ2) is 5.55. The number of fused-ring (bicyclic) bond motifs is 1. The Morgan fingerprint density at radius 3 is 3.00 bits per heavy atom. The van der Waals surface area contributed by atoms with Gasteiger partial charge in [-0.3, -0.25) is 0 Å². The molecule has 2 aromatic rings. The number of benzene rings is 1. The molecule has 0 radical (unpaired) electrons. The Labute approximate surface area is 129 Å². The van der Waals surface area contributed by atoms with Gasteiger partial charge in [-0.15, -0.1) is 0 Å². The molecule has 0 spiro atoms. The Morgan fingerprint density at radius 2 is 2.24 bits per heavy atom. The fourth-order valence-electron chi connectivity index (χ4n) is 2.70. The number of sulfonamides is 1. The van der Waals surface area contributed by atoms with Gasteiger partial charge in [0.05, 0.1) is 16.5 Å². The molecule has 1 aromatic heterocycles. The van der Waals surface area contributed by atoms with E-state index in [-0.39, 0.29) is 6.04 Å². The van der Waals surface area contributed by atoms with E-state index in [1.807, 2.05) is 6.07 Å². The van der Waals surface area contributed by atoms with E-state index < -0.39 is 10.0 Å². The summed E-state index contributed by atoms with van der Waals surface area (Å²) in [5, 5.41) is 0.982. The molecule has 1 aromatic carbocycles. The van der Waals surface area contributed by atoms with Crippen LogP contribution in [0.2, 0.25) is 0 Å². The molecular weight excluding hydrogens is 306 g/mol. The molecule has 1 aliphatic heterocycles. The number of hydrogen-bond donors (Lipinski definition) is 1. The van der Waals surface area contributed by atoms with Gasteiger partial charge in [0.2, 0.25) is 10.0 Å². The summed E-state index contributed by atoms with van der Waals surface area (Å²) >= 11 is 1.68. The molecule has 5 nitrogen and oxygen atoms in total. The summed E-state index contributed by atoms with van der Waals surface area (Å²) in [5.74, 6) is 0. The molecule has 0 aliphatic carbocycles. The molecule has 2 heterocycles. The molecule has 114 valence electrons. The van der Waals surface area contributed by atoms with Crippen LogP contribution in [0.4, 0.5) is 5.13 Å². The maximum Gasteiger partial charge on any atom is 0.209 e. The zero-order valence-corrected chi connectivity index (χ0v) is 13.8. The Bertz CT molecular complexity index is 755. The van der Waals surface area contributed by atoms with Crippen LogP contribution in [0.15, 0.2) is 18.2 Å². The molecule has 0 saturated carbocycles. The molecule has 1 fully saturated rings. The molecule has 0 bridgehead atoms. The van der Waals surface area contributed by atoms with Crippen molar-refractivity contribution in [1.29, 1.82) is 0 Å². The van der Waals surface area contributed by atoms with Crippen molar-refractivity contribution in [1.82, 2.24) is 9.71 Å². The van der Waals surface area contributed by atoms with E-state index in [2.05, 4.69) is 33.7 Å². The number of piperidine rings is 1. The highest BCUT2D eigenvalue weighted by atomic mass is 32.2. The first-order valence-corrected chi connectivity index (χ1v) is 9.71. The summed E-state index contributed by atoms with van der Waals surface area (Å²) in [7, 11) is -3.15. The van der Waals surface area contributed by atoms with E-state index in [0.717, 1.165) is 30.0 Å². The summed E-state index contributed by atoms with van der Waals surface area (Å²) < 4.78 is 26.6. The van der Waals surface area contributed by atoms with Crippen molar-refractivity contribution in [3.63, 3.8) is 0 Å². The molecule has 1 unspecified atom stereocenters. The summed E-state index contributed by atoms with van der Waals surface area (Å²) in [6.45, 7) is 3.69. The minimum absolute atomic E-state index is 0.0255. The third-order valence-electron chi connectivity index (χ3n) is 3.61. The molecule has 1 atom stereocenters. The van der Waals surface area contributed by atoms with Gasteiger partial charge in [-0.25, -0.2) is 18.1 Å². The van der Waals surface area contributed by atoms with Gasteiger partial charge in [-0.05, 0) is 37.5 Å². The molecule has 0 amide bonds. The second-order valence-electron chi connectivity index (χ2n) is 5.64. The lowest BCUT2D eigenvalue weighted by Gasteiger charge is -2.32. The summed E-state index contributed by atoms with van der Waals surface area (Å²) in [6.07, 6.45) is 3.07. The number of thiazole rings is 1. The van der Waals surface area contributed by atoms with Gasteiger partial charge in [0.1, 0.15) is 0 Å². The van der Waals surface area contributed by atoms with Crippen LogP contribution in [-0.2, 0) is 10.0 Å². The van der Waals surface area contributed by atoms with Crippen LogP contribution in [0.1, 0.15) is 18.4 Å². The van der Waals surface area contributed by atoms with Crippen molar-refractivity contribution in [2.45, 2.75) is 25.8 Å². The smallest absolute Gasteiger partial charge is 0.209 e. The van der Waals surface area contributed by atoms with Gasteiger partial charge < -0.3 is 4.90 Å². The van der Waals surface area contributed by atoms with Crippen molar-refractivity contribution in [2.24, 2.45) is 0 Å². The highest BCUT2D eigenvalue weighted by molar-refractivity contribution is 7.88. The predicted molar refractivity (Wildman–Crippen MR) is 87.6 cm³/mol. The van der Waals surface area contributed by atoms with Crippen LogP contribution in [0, 0.1) is 6.92 Å². The lowest BCUT2D eigenvalue weighted by atomic mass is 10.1. The standard InChI is InChI=1S/C14H19N3O2S2/c1-10-5-6-12-13(8-10)20-14(15-12)17-7-3-4-11(9-17)16-21(2,18)19/h5-6,8,11,16H,3-4,7,9H2,1-2H3. The number of hydrogen-bond acceptors (Lipinski definition) is 5. The molecule has 3 rings (SSSR count). The van der Waals surface area contributed by atoms with Crippen molar-refractivity contribution >= 4 is 36.7 Å². The number of nitrogens with zero attached hydrogens (tertiary/aromatic N) is 2. The second-order valence-corrected chi connectivity index (χ2v) is 8.43. The SMILES string of the molecule is Cc1ccc2nc(N3CCCC(NS(C)(=O)=O)C3)sc2c1. The highest BCUT2D eigenvalue weighted by Gasteiger charge is 2.24. The van der Waals surface area contributed by atoms with Crippen LogP contribution in [0.3, 0.4) is 0 Å². The van der Waals surface area contributed by atoms with E-state index in [1.165, 1.54) is 16.5 Å². The monoisotopic (exact) mass is 325 g/mol. The highest BCUT2D eigenvalue weighted by Crippen LogP contribution is 2.31. The van der Waals surface area contributed by atoms with Crippen LogP contribution >= 0.6 is 11.3 Å². The van der Waals surface area contributed by atoms with E-state index in [4.69, 9.17) is 0 Å². The minimum atomic E-state index is -3.15. The van der Waals surface area contributed by atoms with Crippen LogP contribution in [-0.4, -0.2) is 38.8 Å². The molecule has 1 N–H and O–H groups in total. The number of anilines is 1. The van der Waals surface area contributed by atoms with E-state index in [1.54, 1.807) is 11.3 Å². The van der Waals surface area contributed by atoms with Crippen molar-refractivity contribution in [3.8, 4) is 0 Å². The maximum absolute atomic E-state index is 11.4.